The summed E-state index contributed by atoms with van der Waals surface area (Å²) < 4.78 is 26.8. The van der Waals surface area contributed by atoms with Crippen LogP contribution in [-0.4, -0.2) is 85.8 Å². The lowest BCUT2D eigenvalue weighted by Gasteiger charge is -2.40. The van der Waals surface area contributed by atoms with Gasteiger partial charge in [-0.05, 0) is 42.5 Å². The van der Waals surface area contributed by atoms with Crippen molar-refractivity contribution in [2.24, 2.45) is 0 Å². The molecule has 0 saturated carbocycles. The van der Waals surface area contributed by atoms with E-state index in [4.69, 9.17) is 16.3 Å². The average Bonchev–Trinajstić information content (AvgIpc) is 2.93. The molecule has 4 rings (SSSR count). The highest BCUT2D eigenvalue weighted by Gasteiger charge is 2.22. The van der Waals surface area contributed by atoms with E-state index in [1.807, 2.05) is 0 Å². The van der Waals surface area contributed by atoms with Crippen LogP contribution in [0.1, 0.15) is 16.8 Å². The second kappa shape index (κ2) is 13.9. The fourth-order valence-corrected chi connectivity index (χ4v) is 5.53. The van der Waals surface area contributed by atoms with Gasteiger partial charge in [-0.3, -0.25) is 33.0 Å². The van der Waals surface area contributed by atoms with E-state index in [0.29, 0.717) is 59.8 Å². The Labute approximate surface area is 238 Å². The molecular weight excluding hydrogens is 558 g/mol. The van der Waals surface area contributed by atoms with E-state index in [1.54, 1.807) is 54.7 Å². The maximum absolute atomic E-state index is 13.0. The number of ether oxygens (including phenoxy) is 1. The molecule has 4 N–H and O–H groups in total. The quantitative estimate of drug-likeness (QED) is 0.250. The monoisotopic (exact) mass is 589 g/mol. The molecule has 3 heterocycles. The molecule has 1 unspecified atom stereocenters. The number of nitrogens with zero attached hydrogens (tertiary/aromatic N) is 3. The number of pyridine rings is 2. The lowest BCUT2D eigenvalue weighted by atomic mass is 10.1. The van der Waals surface area contributed by atoms with Crippen LogP contribution in [0.4, 0.5) is 5.82 Å². The molecule has 11 nitrogen and oxygen atoms in total. The summed E-state index contributed by atoms with van der Waals surface area (Å²) in [4.78, 5) is 44.0. The summed E-state index contributed by atoms with van der Waals surface area (Å²) in [6, 6.07) is 14.0. The normalized spacial score (nSPS) is 16.6. The third-order valence-electron chi connectivity index (χ3n) is 6.33. The van der Waals surface area contributed by atoms with Gasteiger partial charge in [-0.2, -0.15) is 10.6 Å². The van der Waals surface area contributed by atoms with Gasteiger partial charge >= 0.3 is 0 Å². The second-order valence-corrected chi connectivity index (χ2v) is 12.2. The first kappa shape index (κ1) is 29.7. The van der Waals surface area contributed by atoms with Crippen molar-refractivity contribution in [3.05, 3.63) is 87.9 Å². The Bertz CT molecular complexity index is 1340. The summed E-state index contributed by atoms with van der Waals surface area (Å²) >= 11 is 5.86. The molecule has 2 amide bonds. The Morgan fingerprint density at radius 1 is 1.07 bits per heavy atom. The first-order chi connectivity index (χ1) is 19.2. The molecule has 2 aromatic heterocycles. The van der Waals surface area contributed by atoms with E-state index in [1.165, 1.54) is 16.8 Å². The van der Waals surface area contributed by atoms with Crippen LogP contribution in [0.3, 0.4) is 0 Å². The molecule has 1 atom stereocenters. The number of hydrogen-bond donors (Lipinski definition) is 4. The number of amides is 2. The molecule has 1 fully saturated rings. The Balaban J connectivity index is 1.35. The summed E-state index contributed by atoms with van der Waals surface area (Å²) in [6.45, 7) is 2.19. The second-order valence-electron chi connectivity index (χ2n) is 9.37. The molecule has 0 spiro atoms. The summed E-state index contributed by atoms with van der Waals surface area (Å²) in [6.07, 6.45) is 3.01. The molecular formula is C27H32ClN5O6S. The highest BCUT2D eigenvalue weighted by atomic mass is 35.5. The van der Waals surface area contributed by atoms with Crippen molar-refractivity contribution in [2.45, 2.75) is 12.5 Å². The number of carbonyl (C=O) groups is 2. The maximum Gasteiger partial charge on any atom is 0.255 e. The fraction of sp³-hybridized carbons (Fsp3) is 0.333. The molecule has 0 aliphatic carbocycles. The third kappa shape index (κ3) is 8.88. The molecule has 0 radical (unpaired) electrons. The number of halogens is 1. The molecule has 1 aromatic carbocycles. The number of hydrogen-bond acceptors (Lipinski definition) is 8. The smallest absolute Gasteiger partial charge is 0.255 e. The zero-order valence-corrected chi connectivity index (χ0v) is 23.3. The van der Waals surface area contributed by atoms with Gasteiger partial charge in [0.1, 0.15) is 5.82 Å². The first-order valence-electron chi connectivity index (χ1n) is 12.7. The molecule has 1 saturated heterocycles. The van der Waals surface area contributed by atoms with E-state index in [9.17, 15) is 23.5 Å². The van der Waals surface area contributed by atoms with E-state index < -0.39 is 16.6 Å². The molecule has 40 heavy (non-hydrogen) atoms. The van der Waals surface area contributed by atoms with Gasteiger partial charge < -0.3 is 15.4 Å². The van der Waals surface area contributed by atoms with E-state index in [-0.39, 0.29) is 30.4 Å². The van der Waals surface area contributed by atoms with Gasteiger partial charge in [0.15, 0.2) is 0 Å². The highest BCUT2D eigenvalue weighted by molar-refractivity contribution is 8.24. The number of anilines is 1. The lowest BCUT2D eigenvalue weighted by molar-refractivity contribution is -0.117. The number of rotatable bonds is 11. The summed E-state index contributed by atoms with van der Waals surface area (Å²) in [7, 11) is -2.47. The SMILES string of the molecule is O=C(CC(COCCN1CCS(O)(O)CC1)NC(=O)c1ccc(-n2ccccc2=O)cc1)Nc1ccc(Cl)cn1. The molecule has 1 aliphatic rings. The van der Waals surface area contributed by atoms with Crippen molar-refractivity contribution in [1.29, 1.82) is 0 Å². The van der Waals surface area contributed by atoms with Crippen LogP contribution in [0.5, 0.6) is 0 Å². The number of carbonyl (C=O) groups excluding carboxylic acids is 2. The predicted octanol–water partition coefficient (Wildman–Crippen LogP) is 3.10. The van der Waals surface area contributed by atoms with Gasteiger partial charge in [0.05, 0.1) is 35.8 Å². The molecule has 214 valence electrons. The standard InChI is InChI=1S/C27H32ClN5O6S/c28-21-6-9-24(29-18-21)31-25(34)17-22(19-39-14-11-32-12-15-40(37,38)16-13-32)30-27(36)20-4-7-23(8-5-20)33-10-2-1-3-26(33)35/h1-10,18,22,37-38H,11-17,19H2,(H,30,36)(H,29,31,34). The molecule has 3 aromatic rings. The van der Waals surface area contributed by atoms with Crippen molar-refractivity contribution >= 4 is 39.8 Å². The summed E-state index contributed by atoms with van der Waals surface area (Å²) in [5, 5.41) is 6.00. The van der Waals surface area contributed by atoms with Crippen molar-refractivity contribution in [1.82, 2.24) is 19.8 Å². The lowest BCUT2D eigenvalue weighted by Crippen LogP contribution is -2.42. The number of aromatic nitrogens is 2. The average molecular weight is 590 g/mol. The molecule has 13 heteroatoms. The minimum absolute atomic E-state index is 0.0574. The van der Waals surface area contributed by atoms with Crippen molar-refractivity contribution in [3.63, 3.8) is 0 Å². The maximum atomic E-state index is 13.0. The number of benzene rings is 1. The Morgan fingerprint density at radius 2 is 1.82 bits per heavy atom. The Morgan fingerprint density at radius 3 is 2.50 bits per heavy atom. The summed E-state index contributed by atoms with van der Waals surface area (Å²) in [5.41, 5.74) is 0.802. The van der Waals surface area contributed by atoms with Crippen molar-refractivity contribution in [3.8, 4) is 5.69 Å². The fourth-order valence-electron chi connectivity index (χ4n) is 4.11. The number of nitrogens with one attached hydrogen (secondary N) is 2. The van der Waals surface area contributed by atoms with Crippen molar-refractivity contribution in [2.75, 3.05) is 49.7 Å². The van der Waals surface area contributed by atoms with Gasteiger partial charge in [-0.1, -0.05) is 17.7 Å². The highest BCUT2D eigenvalue weighted by Crippen LogP contribution is 2.40. The van der Waals surface area contributed by atoms with Gasteiger partial charge in [-0.15, -0.1) is 0 Å². The Kier molecular flexibility index (Phi) is 10.3. The van der Waals surface area contributed by atoms with E-state index in [0.717, 1.165) is 0 Å². The van der Waals surface area contributed by atoms with Crippen molar-refractivity contribution < 1.29 is 23.4 Å². The first-order valence-corrected chi connectivity index (χ1v) is 15.0. The van der Waals surface area contributed by atoms with Crippen LogP contribution >= 0.6 is 22.2 Å². The van der Waals surface area contributed by atoms with Crippen LogP contribution in [0, 0.1) is 0 Å². The molecule has 1 aliphatic heterocycles. The minimum atomic E-state index is -2.47. The van der Waals surface area contributed by atoms with E-state index in [2.05, 4.69) is 20.5 Å². The Hall–Kier alpha value is -3.26. The van der Waals surface area contributed by atoms with Crippen LogP contribution < -0.4 is 16.2 Å². The van der Waals surface area contributed by atoms with Crippen LogP contribution in [0.15, 0.2) is 71.8 Å². The van der Waals surface area contributed by atoms with Gasteiger partial charge in [0, 0.05) is 55.8 Å². The van der Waals surface area contributed by atoms with Crippen LogP contribution in [0.25, 0.3) is 5.69 Å². The zero-order chi connectivity index (χ0) is 28.5. The van der Waals surface area contributed by atoms with Crippen LogP contribution in [0.2, 0.25) is 5.02 Å². The van der Waals surface area contributed by atoms with Gasteiger partial charge in [0.25, 0.3) is 11.5 Å². The van der Waals surface area contributed by atoms with Crippen LogP contribution in [-0.2, 0) is 9.53 Å². The topological polar surface area (TPSA) is 146 Å². The summed E-state index contributed by atoms with van der Waals surface area (Å²) in [5.74, 6) is 0.288. The predicted molar refractivity (Wildman–Crippen MR) is 156 cm³/mol. The molecule has 0 bridgehead atoms. The zero-order valence-electron chi connectivity index (χ0n) is 21.7. The van der Waals surface area contributed by atoms with Gasteiger partial charge in [-0.25, -0.2) is 4.98 Å². The largest absolute Gasteiger partial charge is 0.378 e. The minimum Gasteiger partial charge on any atom is -0.378 e. The van der Waals surface area contributed by atoms with E-state index >= 15 is 0 Å². The van der Waals surface area contributed by atoms with Gasteiger partial charge in [0.2, 0.25) is 5.91 Å². The third-order valence-corrected chi connectivity index (χ3v) is 8.23.